The zero-order valence-corrected chi connectivity index (χ0v) is 14.4. The Morgan fingerprint density at radius 3 is 2.43 bits per heavy atom. The molecule has 1 fully saturated rings. The van der Waals surface area contributed by atoms with Crippen molar-refractivity contribution in [2.75, 3.05) is 17.0 Å². The number of hydrogen-bond acceptors (Lipinski definition) is 3. The molecule has 1 aromatic rings. The van der Waals surface area contributed by atoms with E-state index in [0.717, 1.165) is 25.8 Å². The van der Waals surface area contributed by atoms with Crippen molar-refractivity contribution in [2.45, 2.75) is 31.7 Å². The number of halogens is 3. The summed E-state index contributed by atoms with van der Waals surface area (Å²) in [5.41, 5.74) is 0.180. The van der Waals surface area contributed by atoms with E-state index in [-0.39, 0.29) is 27.5 Å². The second-order valence-corrected chi connectivity index (χ2v) is 8.19. The lowest BCUT2D eigenvalue weighted by molar-refractivity contribution is 0.393. The van der Waals surface area contributed by atoms with Crippen molar-refractivity contribution in [1.82, 2.24) is 5.32 Å². The average molecular weight is 372 g/mol. The molecule has 2 N–H and O–H groups in total. The van der Waals surface area contributed by atoms with Crippen LogP contribution >= 0.6 is 34.8 Å². The number of anilines is 1. The van der Waals surface area contributed by atoms with Crippen LogP contribution < -0.4 is 10.0 Å². The summed E-state index contributed by atoms with van der Waals surface area (Å²) >= 11 is 17.8. The lowest BCUT2D eigenvalue weighted by Gasteiger charge is -2.23. The largest absolute Gasteiger partial charge is 0.314 e. The van der Waals surface area contributed by atoms with E-state index in [4.69, 9.17) is 34.8 Å². The predicted molar refractivity (Wildman–Crippen MR) is 89.1 cm³/mol. The molecule has 2 rings (SSSR count). The van der Waals surface area contributed by atoms with Crippen molar-refractivity contribution < 1.29 is 8.42 Å². The number of piperidine rings is 1. The molecule has 0 spiro atoms. The van der Waals surface area contributed by atoms with E-state index < -0.39 is 10.0 Å². The summed E-state index contributed by atoms with van der Waals surface area (Å²) < 4.78 is 26.7. The number of benzene rings is 1. The van der Waals surface area contributed by atoms with Gasteiger partial charge in [-0.1, -0.05) is 41.2 Å². The highest BCUT2D eigenvalue weighted by Gasteiger charge is 2.19. The van der Waals surface area contributed by atoms with Crippen molar-refractivity contribution in [1.29, 1.82) is 0 Å². The number of nitrogens with one attached hydrogen (secondary N) is 2. The average Bonchev–Trinajstić information content (AvgIpc) is 2.42. The fraction of sp³-hybridized carbons (Fsp3) is 0.538. The van der Waals surface area contributed by atoms with Gasteiger partial charge in [-0.2, -0.15) is 0 Å². The summed E-state index contributed by atoms with van der Waals surface area (Å²) in [5.74, 6) is 0.0277. The maximum absolute atomic E-state index is 12.1. The van der Waals surface area contributed by atoms with Crippen molar-refractivity contribution in [3.63, 3.8) is 0 Å². The van der Waals surface area contributed by atoms with E-state index in [1.807, 2.05) is 0 Å². The van der Waals surface area contributed by atoms with Crippen LogP contribution in [0.5, 0.6) is 0 Å². The van der Waals surface area contributed by atoms with Crippen LogP contribution in [0.25, 0.3) is 0 Å². The van der Waals surface area contributed by atoms with Crippen molar-refractivity contribution in [2.24, 2.45) is 0 Å². The Hall–Kier alpha value is -0.200. The third-order valence-electron chi connectivity index (χ3n) is 3.41. The van der Waals surface area contributed by atoms with E-state index in [0.29, 0.717) is 11.4 Å². The molecule has 0 bridgehead atoms. The molecule has 1 aliphatic heterocycles. The summed E-state index contributed by atoms with van der Waals surface area (Å²) in [7, 11) is -3.49. The third kappa shape index (κ3) is 5.18. The Kier molecular flexibility index (Phi) is 6.03. The zero-order valence-electron chi connectivity index (χ0n) is 11.3. The first-order valence-electron chi connectivity index (χ1n) is 6.76. The van der Waals surface area contributed by atoms with E-state index in [1.165, 1.54) is 12.1 Å². The molecule has 0 aliphatic carbocycles. The Morgan fingerprint density at radius 1 is 1.19 bits per heavy atom. The van der Waals surface area contributed by atoms with E-state index in [1.54, 1.807) is 0 Å². The molecule has 4 nitrogen and oxygen atoms in total. The van der Waals surface area contributed by atoms with Gasteiger partial charge >= 0.3 is 0 Å². The van der Waals surface area contributed by atoms with Crippen molar-refractivity contribution in [3.05, 3.63) is 27.2 Å². The Morgan fingerprint density at radius 2 is 1.86 bits per heavy atom. The van der Waals surface area contributed by atoms with Gasteiger partial charge in [-0.05, 0) is 37.9 Å². The summed E-state index contributed by atoms with van der Waals surface area (Å²) in [6.45, 7) is 0.951. The van der Waals surface area contributed by atoms with Gasteiger partial charge in [-0.3, -0.25) is 4.72 Å². The Labute approximate surface area is 140 Å². The highest BCUT2D eigenvalue weighted by Crippen LogP contribution is 2.34. The molecule has 0 amide bonds. The summed E-state index contributed by atoms with van der Waals surface area (Å²) in [4.78, 5) is 0. The minimum absolute atomic E-state index is 0.0277. The van der Waals surface area contributed by atoms with E-state index in [2.05, 4.69) is 10.0 Å². The second-order valence-electron chi connectivity index (χ2n) is 5.10. The van der Waals surface area contributed by atoms with Crippen LogP contribution in [0.3, 0.4) is 0 Å². The molecule has 0 radical (unpaired) electrons. The van der Waals surface area contributed by atoms with Crippen LogP contribution in [0.1, 0.15) is 25.7 Å². The lowest BCUT2D eigenvalue weighted by atomic mass is 10.0. The summed E-state index contributed by atoms with van der Waals surface area (Å²) in [6, 6.07) is 3.16. The quantitative estimate of drug-likeness (QED) is 0.824. The first-order valence-corrected chi connectivity index (χ1v) is 9.54. The van der Waals surface area contributed by atoms with E-state index >= 15 is 0 Å². The van der Waals surface area contributed by atoms with Gasteiger partial charge in [0.2, 0.25) is 10.0 Å². The molecule has 1 heterocycles. The van der Waals surface area contributed by atoms with Crippen molar-refractivity contribution in [3.8, 4) is 0 Å². The smallest absolute Gasteiger partial charge is 0.232 e. The molecule has 118 valence electrons. The standard InChI is InChI=1S/C13H17Cl3N2O2S/c14-9-7-11(15)13(12(16)8-9)18-21(19,20)6-4-10-3-1-2-5-17-10/h7-8,10,17-18H,1-6H2. The minimum Gasteiger partial charge on any atom is -0.314 e. The van der Waals surface area contributed by atoms with Gasteiger partial charge in [-0.25, -0.2) is 8.42 Å². The maximum Gasteiger partial charge on any atom is 0.232 e. The number of sulfonamides is 1. The van der Waals surface area contributed by atoms with Gasteiger partial charge in [0.25, 0.3) is 0 Å². The highest BCUT2D eigenvalue weighted by molar-refractivity contribution is 7.92. The van der Waals surface area contributed by atoms with Crippen LogP contribution in [0.2, 0.25) is 15.1 Å². The number of hydrogen-bond donors (Lipinski definition) is 2. The first kappa shape index (κ1) is 17.2. The fourth-order valence-electron chi connectivity index (χ4n) is 2.31. The van der Waals surface area contributed by atoms with Crippen LogP contribution in [0, 0.1) is 0 Å². The molecular weight excluding hydrogens is 355 g/mol. The van der Waals surface area contributed by atoms with Gasteiger partial charge in [0, 0.05) is 11.1 Å². The van der Waals surface area contributed by atoms with Crippen molar-refractivity contribution >= 4 is 50.5 Å². The molecule has 1 aliphatic rings. The monoisotopic (exact) mass is 370 g/mol. The van der Waals surface area contributed by atoms with Crippen LogP contribution in [-0.4, -0.2) is 26.8 Å². The van der Waals surface area contributed by atoms with Gasteiger partial charge in [0.05, 0.1) is 21.5 Å². The molecule has 8 heteroatoms. The fourth-order valence-corrected chi connectivity index (χ4v) is 4.57. The number of rotatable bonds is 5. The minimum atomic E-state index is -3.49. The maximum atomic E-state index is 12.1. The van der Waals surface area contributed by atoms with Gasteiger partial charge < -0.3 is 5.32 Å². The second kappa shape index (κ2) is 7.38. The molecule has 0 saturated carbocycles. The molecule has 21 heavy (non-hydrogen) atoms. The summed E-state index contributed by atoms with van der Waals surface area (Å²) in [6.07, 6.45) is 3.87. The Balaban J connectivity index is 2.00. The predicted octanol–water partition coefficient (Wildman–Crippen LogP) is 3.92. The van der Waals surface area contributed by atoms with Gasteiger partial charge in [-0.15, -0.1) is 0 Å². The SMILES string of the molecule is O=S(=O)(CCC1CCCCN1)Nc1c(Cl)cc(Cl)cc1Cl. The normalized spacial score (nSPS) is 19.5. The summed E-state index contributed by atoms with van der Waals surface area (Å²) in [5, 5.41) is 4.06. The van der Waals surface area contributed by atoms with Gasteiger partial charge in [0.1, 0.15) is 0 Å². The van der Waals surface area contributed by atoms with Crippen LogP contribution in [0.15, 0.2) is 12.1 Å². The molecule has 1 aromatic carbocycles. The first-order chi connectivity index (χ1) is 9.87. The molecular formula is C13H17Cl3N2O2S. The molecule has 1 saturated heterocycles. The zero-order chi connectivity index (χ0) is 15.5. The molecule has 0 aromatic heterocycles. The highest BCUT2D eigenvalue weighted by atomic mass is 35.5. The van der Waals surface area contributed by atoms with E-state index in [9.17, 15) is 8.42 Å². The van der Waals surface area contributed by atoms with Gasteiger partial charge in [0.15, 0.2) is 0 Å². The molecule has 1 unspecified atom stereocenters. The van der Waals surface area contributed by atoms with Crippen LogP contribution in [0.4, 0.5) is 5.69 Å². The Bertz CT molecular complexity index is 578. The topological polar surface area (TPSA) is 58.2 Å². The van der Waals surface area contributed by atoms with Crippen LogP contribution in [-0.2, 0) is 10.0 Å². The lowest BCUT2D eigenvalue weighted by Crippen LogP contribution is -2.36. The third-order valence-corrected chi connectivity index (χ3v) is 5.51. The molecule has 1 atom stereocenters.